The summed E-state index contributed by atoms with van der Waals surface area (Å²) in [4.78, 5) is 11.1. The minimum absolute atomic E-state index is 0.00659. The zero-order valence-corrected chi connectivity index (χ0v) is 12.0. The summed E-state index contributed by atoms with van der Waals surface area (Å²) in [7, 11) is -1.85. The highest BCUT2D eigenvalue weighted by Gasteiger charge is 2.11. The first kappa shape index (κ1) is 15.3. The Morgan fingerprint density at radius 1 is 1.32 bits per heavy atom. The predicted octanol–water partition coefficient (Wildman–Crippen LogP) is 1.73. The highest BCUT2D eigenvalue weighted by Crippen LogP contribution is 2.23. The molecule has 0 unspecified atom stereocenters. The summed E-state index contributed by atoms with van der Waals surface area (Å²) in [6.07, 6.45) is 0.0518. The summed E-state index contributed by atoms with van der Waals surface area (Å²) in [5, 5.41) is 2.34. The minimum atomic E-state index is -3.32. The molecule has 7 heteroatoms. The van der Waals surface area contributed by atoms with Gasteiger partial charge in [0.05, 0.1) is 11.4 Å². The first-order valence-corrected chi connectivity index (χ1v) is 7.60. The van der Waals surface area contributed by atoms with Crippen LogP contribution in [0.25, 0.3) is 0 Å². The summed E-state index contributed by atoms with van der Waals surface area (Å²) in [6.45, 7) is 3.46. The molecule has 2 N–H and O–H groups in total. The summed E-state index contributed by atoms with van der Waals surface area (Å²) in [5.74, 6) is 0.378. The topological polar surface area (TPSA) is 84.5 Å². The van der Waals surface area contributed by atoms with Gasteiger partial charge in [-0.3, -0.25) is 4.72 Å². The Hall–Kier alpha value is -1.76. The molecule has 0 fully saturated rings. The van der Waals surface area contributed by atoms with Crippen LogP contribution in [-0.2, 0) is 16.4 Å². The Labute approximate surface area is 113 Å². The maximum absolute atomic E-state index is 11.5. The first-order valence-electron chi connectivity index (χ1n) is 5.94. The molecule has 0 heterocycles. The summed E-state index contributed by atoms with van der Waals surface area (Å²) >= 11 is 0. The molecule has 0 saturated carbocycles. The molecule has 106 valence electrons. The van der Waals surface area contributed by atoms with Gasteiger partial charge in [-0.15, -0.1) is 0 Å². The van der Waals surface area contributed by atoms with Gasteiger partial charge in [-0.05, 0) is 37.1 Å². The third-order valence-corrected chi connectivity index (χ3v) is 3.81. The van der Waals surface area contributed by atoms with Crippen molar-refractivity contribution in [1.29, 1.82) is 0 Å². The van der Waals surface area contributed by atoms with Gasteiger partial charge in [0.15, 0.2) is 0 Å². The molecular formula is C12H18N2O4S. The van der Waals surface area contributed by atoms with E-state index in [-0.39, 0.29) is 5.75 Å². The number of carbonyl (C=O) groups excluding carboxylic acids is 1. The smallest absolute Gasteiger partial charge is 0.410 e. The van der Waals surface area contributed by atoms with E-state index in [0.29, 0.717) is 17.9 Å². The van der Waals surface area contributed by atoms with Crippen molar-refractivity contribution in [1.82, 2.24) is 5.32 Å². The molecule has 1 aromatic carbocycles. The lowest BCUT2D eigenvalue weighted by Crippen LogP contribution is -2.22. The predicted molar refractivity (Wildman–Crippen MR) is 74.0 cm³/mol. The van der Waals surface area contributed by atoms with Gasteiger partial charge < -0.3 is 10.1 Å². The van der Waals surface area contributed by atoms with Crippen LogP contribution in [0.1, 0.15) is 19.4 Å². The third kappa shape index (κ3) is 4.44. The Kier molecular flexibility index (Phi) is 5.17. The minimum Gasteiger partial charge on any atom is -0.410 e. The average molecular weight is 286 g/mol. The quantitative estimate of drug-likeness (QED) is 0.863. The van der Waals surface area contributed by atoms with Crippen LogP contribution in [0.2, 0.25) is 0 Å². The van der Waals surface area contributed by atoms with Crippen LogP contribution < -0.4 is 14.8 Å². The molecule has 0 aliphatic rings. The molecule has 1 rings (SSSR count). The average Bonchev–Trinajstić information content (AvgIpc) is 2.40. The van der Waals surface area contributed by atoms with Crippen LogP contribution in [0.5, 0.6) is 5.75 Å². The number of hydrogen-bond donors (Lipinski definition) is 2. The van der Waals surface area contributed by atoms with E-state index < -0.39 is 16.1 Å². The summed E-state index contributed by atoms with van der Waals surface area (Å²) in [6, 6.07) is 4.77. The molecule has 0 atom stereocenters. The SMILES string of the molecule is CCc1cc(OC(=O)NC)ccc1NS(=O)(=O)CC. The molecule has 0 bridgehead atoms. The van der Waals surface area contributed by atoms with E-state index in [1.807, 2.05) is 6.92 Å². The molecule has 0 aliphatic heterocycles. The lowest BCUT2D eigenvalue weighted by molar-refractivity contribution is 0.203. The molecule has 1 amide bonds. The monoisotopic (exact) mass is 286 g/mol. The van der Waals surface area contributed by atoms with E-state index in [4.69, 9.17) is 4.74 Å². The van der Waals surface area contributed by atoms with Crippen molar-refractivity contribution in [3.8, 4) is 5.75 Å². The number of rotatable bonds is 5. The largest absolute Gasteiger partial charge is 0.412 e. The number of carbonyl (C=O) groups is 1. The second kappa shape index (κ2) is 6.42. The van der Waals surface area contributed by atoms with Crippen LogP contribution in [0, 0.1) is 0 Å². The van der Waals surface area contributed by atoms with Crippen LogP contribution in [-0.4, -0.2) is 27.3 Å². The number of anilines is 1. The number of benzene rings is 1. The molecule has 0 aromatic heterocycles. The Balaban J connectivity index is 3.00. The van der Waals surface area contributed by atoms with Crippen LogP contribution in [0.3, 0.4) is 0 Å². The summed E-state index contributed by atoms with van der Waals surface area (Å²) < 4.78 is 30.6. The van der Waals surface area contributed by atoms with Gasteiger partial charge >= 0.3 is 6.09 Å². The van der Waals surface area contributed by atoms with Gasteiger partial charge in [-0.25, -0.2) is 13.2 Å². The number of hydrogen-bond acceptors (Lipinski definition) is 4. The fourth-order valence-corrected chi connectivity index (χ4v) is 2.10. The second-order valence-electron chi connectivity index (χ2n) is 3.82. The molecule has 6 nitrogen and oxygen atoms in total. The molecule has 0 saturated heterocycles. The van der Waals surface area contributed by atoms with Crippen molar-refractivity contribution in [2.45, 2.75) is 20.3 Å². The maximum Gasteiger partial charge on any atom is 0.412 e. The van der Waals surface area contributed by atoms with Crippen molar-refractivity contribution in [3.63, 3.8) is 0 Å². The molecule has 1 aromatic rings. The molecule has 0 spiro atoms. The van der Waals surface area contributed by atoms with Gasteiger partial charge in [0, 0.05) is 7.05 Å². The van der Waals surface area contributed by atoms with Crippen molar-refractivity contribution < 1.29 is 17.9 Å². The highest BCUT2D eigenvalue weighted by atomic mass is 32.2. The fraction of sp³-hybridized carbons (Fsp3) is 0.417. The van der Waals surface area contributed by atoms with E-state index >= 15 is 0 Å². The Bertz CT molecular complexity index is 555. The lowest BCUT2D eigenvalue weighted by atomic mass is 10.1. The van der Waals surface area contributed by atoms with Crippen molar-refractivity contribution in [2.75, 3.05) is 17.5 Å². The number of ether oxygens (including phenoxy) is 1. The van der Waals surface area contributed by atoms with Crippen molar-refractivity contribution in [2.24, 2.45) is 0 Å². The van der Waals surface area contributed by atoms with Crippen molar-refractivity contribution >= 4 is 21.8 Å². The maximum atomic E-state index is 11.5. The van der Waals surface area contributed by atoms with Crippen LogP contribution >= 0.6 is 0 Å². The fourth-order valence-electron chi connectivity index (χ4n) is 1.42. The van der Waals surface area contributed by atoms with Gasteiger partial charge in [0.1, 0.15) is 5.75 Å². The first-order chi connectivity index (χ1) is 8.91. The Morgan fingerprint density at radius 3 is 2.53 bits per heavy atom. The second-order valence-corrected chi connectivity index (χ2v) is 5.83. The Morgan fingerprint density at radius 2 is 2.00 bits per heavy atom. The molecule has 0 aliphatic carbocycles. The van der Waals surface area contributed by atoms with E-state index in [9.17, 15) is 13.2 Å². The zero-order valence-electron chi connectivity index (χ0n) is 11.2. The van der Waals surface area contributed by atoms with E-state index in [2.05, 4.69) is 10.0 Å². The third-order valence-electron chi connectivity index (χ3n) is 2.52. The zero-order chi connectivity index (χ0) is 14.5. The standard InChI is InChI=1S/C12H18N2O4S/c1-4-9-8-10(18-12(15)13-3)6-7-11(9)14-19(16,17)5-2/h6-8,14H,4-5H2,1-3H3,(H,13,15). The van der Waals surface area contributed by atoms with Crippen molar-refractivity contribution in [3.05, 3.63) is 23.8 Å². The molecular weight excluding hydrogens is 268 g/mol. The summed E-state index contributed by atoms with van der Waals surface area (Å²) in [5.41, 5.74) is 1.27. The lowest BCUT2D eigenvalue weighted by Gasteiger charge is -2.12. The van der Waals surface area contributed by atoms with Gasteiger partial charge in [0.2, 0.25) is 10.0 Å². The van der Waals surface area contributed by atoms with E-state index in [1.165, 1.54) is 7.05 Å². The molecule has 19 heavy (non-hydrogen) atoms. The van der Waals surface area contributed by atoms with Gasteiger partial charge in [-0.1, -0.05) is 6.92 Å². The van der Waals surface area contributed by atoms with Gasteiger partial charge in [-0.2, -0.15) is 0 Å². The number of aryl methyl sites for hydroxylation is 1. The molecule has 0 radical (unpaired) electrons. The van der Waals surface area contributed by atoms with E-state index in [0.717, 1.165) is 5.56 Å². The number of sulfonamides is 1. The number of amides is 1. The van der Waals surface area contributed by atoms with Crippen LogP contribution in [0.4, 0.5) is 10.5 Å². The highest BCUT2D eigenvalue weighted by molar-refractivity contribution is 7.92. The van der Waals surface area contributed by atoms with E-state index in [1.54, 1.807) is 25.1 Å². The number of nitrogens with one attached hydrogen (secondary N) is 2. The van der Waals surface area contributed by atoms with Gasteiger partial charge in [0.25, 0.3) is 0 Å². The van der Waals surface area contributed by atoms with Crippen LogP contribution in [0.15, 0.2) is 18.2 Å². The normalized spacial score (nSPS) is 10.9.